The van der Waals surface area contributed by atoms with Crippen LogP contribution in [0.5, 0.6) is 0 Å². The molecule has 0 saturated heterocycles. The number of pyridine rings is 1. The van der Waals surface area contributed by atoms with E-state index in [-0.39, 0.29) is 12.0 Å². The van der Waals surface area contributed by atoms with E-state index < -0.39 is 0 Å². The highest BCUT2D eigenvalue weighted by molar-refractivity contribution is 9.10. The lowest BCUT2D eigenvalue weighted by atomic mass is 10.1. The SMILES string of the molecule is Nc1cncc(Br)c1NCC1(CO)CC1. The van der Waals surface area contributed by atoms with Gasteiger partial charge in [-0.3, -0.25) is 4.98 Å². The van der Waals surface area contributed by atoms with Crippen LogP contribution >= 0.6 is 15.9 Å². The summed E-state index contributed by atoms with van der Waals surface area (Å²) in [5.74, 6) is 0. The fourth-order valence-corrected chi connectivity index (χ4v) is 1.97. The van der Waals surface area contributed by atoms with Crippen molar-refractivity contribution in [2.45, 2.75) is 12.8 Å². The Labute approximate surface area is 97.0 Å². The third kappa shape index (κ3) is 2.23. The van der Waals surface area contributed by atoms with Crippen LogP contribution in [0.2, 0.25) is 0 Å². The molecule has 1 aromatic heterocycles. The number of nitrogens with two attached hydrogens (primary N) is 1. The number of anilines is 2. The fourth-order valence-electron chi connectivity index (χ4n) is 1.48. The third-order valence-corrected chi connectivity index (χ3v) is 3.46. The van der Waals surface area contributed by atoms with E-state index in [4.69, 9.17) is 5.73 Å². The summed E-state index contributed by atoms with van der Waals surface area (Å²) in [5.41, 5.74) is 7.36. The number of nitrogens with zero attached hydrogens (tertiary/aromatic N) is 1. The van der Waals surface area contributed by atoms with E-state index in [0.29, 0.717) is 5.69 Å². The van der Waals surface area contributed by atoms with Gasteiger partial charge in [0, 0.05) is 18.2 Å². The average molecular weight is 272 g/mol. The maximum absolute atomic E-state index is 9.18. The molecule has 0 radical (unpaired) electrons. The smallest absolute Gasteiger partial charge is 0.0750 e. The van der Waals surface area contributed by atoms with E-state index >= 15 is 0 Å². The maximum atomic E-state index is 9.18. The van der Waals surface area contributed by atoms with Crippen LogP contribution in [0.15, 0.2) is 16.9 Å². The number of aliphatic hydroxyl groups is 1. The van der Waals surface area contributed by atoms with E-state index in [0.717, 1.165) is 29.5 Å². The minimum absolute atomic E-state index is 0.0785. The van der Waals surface area contributed by atoms with Gasteiger partial charge in [-0.25, -0.2) is 0 Å². The summed E-state index contributed by atoms with van der Waals surface area (Å²) in [6.45, 7) is 0.999. The van der Waals surface area contributed by atoms with Gasteiger partial charge in [-0.05, 0) is 28.8 Å². The largest absolute Gasteiger partial charge is 0.396 e. The Morgan fingerprint density at radius 2 is 2.27 bits per heavy atom. The molecule has 5 heteroatoms. The van der Waals surface area contributed by atoms with Crippen molar-refractivity contribution in [1.29, 1.82) is 0 Å². The molecule has 1 aromatic rings. The van der Waals surface area contributed by atoms with Crippen LogP contribution in [0.4, 0.5) is 11.4 Å². The Balaban J connectivity index is 2.05. The first-order chi connectivity index (χ1) is 7.17. The van der Waals surface area contributed by atoms with Crippen molar-refractivity contribution in [3.05, 3.63) is 16.9 Å². The predicted octanol–water partition coefficient (Wildman–Crippen LogP) is 1.61. The first-order valence-electron chi connectivity index (χ1n) is 4.91. The van der Waals surface area contributed by atoms with Crippen molar-refractivity contribution in [1.82, 2.24) is 4.98 Å². The van der Waals surface area contributed by atoms with Crippen molar-refractivity contribution in [2.75, 3.05) is 24.2 Å². The fraction of sp³-hybridized carbons (Fsp3) is 0.500. The van der Waals surface area contributed by atoms with E-state index in [1.165, 1.54) is 0 Å². The van der Waals surface area contributed by atoms with Crippen molar-refractivity contribution in [3.63, 3.8) is 0 Å². The summed E-state index contributed by atoms with van der Waals surface area (Å²) in [7, 11) is 0. The minimum Gasteiger partial charge on any atom is -0.396 e. The highest BCUT2D eigenvalue weighted by Gasteiger charge is 2.41. The molecule has 1 saturated carbocycles. The first-order valence-corrected chi connectivity index (χ1v) is 5.70. The van der Waals surface area contributed by atoms with E-state index in [2.05, 4.69) is 26.2 Å². The van der Waals surface area contributed by atoms with Gasteiger partial charge in [0.2, 0.25) is 0 Å². The number of aliphatic hydroxyl groups excluding tert-OH is 1. The molecule has 0 unspecified atom stereocenters. The second-order valence-electron chi connectivity index (χ2n) is 4.10. The van der Waals surface area contributed by atoms with Crippen LogP contribution in [0.3, 0.4) is 0 Å². The van der Waals surface area contributed by atoms with Gasteiger partial charge in [-0.1, -0.05) is 0 Å². The highest BCUT2D eigenvalue weighted by Crippen LogP contribution is 2.45. The molecular formula is C10H14BrN3O. The Morgan fingerprint density at radius 1 is 1.53 bits per heavy atom. The molecule has 4 N–H and O–H groups in total. The van der Waals surface area contributed by atoms with Crippen LogP contribution in [0.25, 0.3) is 0 Å². The number of rotatable bonds is 4. The average Bonchev–Trinajstić information content (AvgIpc) is 2.98. The van der Waals surface area contributed by atoms with Gasteiger partial charge in [0.05, 0.1) is 28.7 Å². The summed E-state index contributed by atoms with van der Waals surface area (Å²) in [4.78, 5) is 3.96. The Kier molecular flexibility index (Phi) is 2.84. The number of aromatic nitrogens is 1. The Morgan fingerprint density at radius 3 is 2.80 bits per heavy atom. The number of nitrogen functional groups attached to an aromatic ring is 1. The minimum atomic E-state index is 0.0785. The van der Waals surface area contributed by atoms with Gasteiger partial charge in [-0.2, -0.15) is 0 Å². The molecule has 15 heavy (non-hydrogen) atoms. The molecule has 0 amide bonds. The monoisotopic (exact) mass is 271 g/mol. The van der Waals surface area contributed by atoms with Crippen molar-refractivity contribution in [3.8, 4) is 0 Å². The second kappa shape index (κ2) is 3.98. The number of hydrogen-bond acceptors (Lipinski definition) is 4. The van der Waals surface area contributed by atoms with Gasteiger partial charge in [0.25, 0.3) is 0 Å². The molecule has 1 heterocycles. The number of hydrogen-bond donors (Lipinski definition) is 3. The second-order valence-corrected chi connectivity index (χ2v) is 4.95. The number of halogens is 1. The standard InChI is InChI=1S/C10H14BrN3O/c11-7-3-13-4-8(12)9(7)14-5-10(6-15)1-2-10/h3-4,15H,1-2,5-6,12H2,(H,13,14). The normalized spacial score (nSPS) is 17.5. The maximum Gasteiger partial charge on any atom is 0.0750 e. The zero-order valence-electron chi connectivity index (χ0n) is 8.33. The van der Waals surface area contributed by atoms with Crippen LogP contribution in [0.1, 0.15) is 12.8 Å². The van der Waals surface area contributed by atoms with Crippen LogP contribution < -0.4 is 11.1 Å². The van der Waals surface area contributed by atoms with E-state index in [9.17, 15) is 5.11 Å². The molecule has 4 nitrogen and oxygen atoms in total. The van der Waals surface area contributed by atoms with Crippen molar-refractivity contribution in [2.24, 2.45) is 5.41 Å². The summed E-state index contributed by atoms with van der Waals surface area (Å²) in [5, 5.41) is 12.4. The lowest BCUT2D eigenvalue weighted by Gasteiger charge is -2.16. The molecule has 0 spiro atoms. The summed E-state index contributed by atoms with van der Waals surface area (Å²) in [6.07, 6.45) is 5.49. The van der Waals surface area contributed by atoms with Crippen molar-refractivity contribution < 1.29 is 5.11 Å². The van der Waals surface area contributed by atoms with Gasteiger partial charge < -0.3 is 16.2 Å². The molecule has 0 bridgehead atoms. The van der Waals surface area contributed by atoms with Gasteiger partial charge in [0.15, 0.2) is 0 Å². The Bertz CT molecular complexity index is 345. The van der Waals surface area contributed by atoms with Gasteiger partial charge >= 0.3 is 0 Å². The molecule has 1 aliphatic carbocycles. The summed E-state index contributed by atoms with van der Waals surface area (Å²) < 4.78 is 0.858. The lowest BCUT2D eigenvalue weighted by Crippen LogP contribution is -2.19. The molecular weight excluding hydrogens is 258 g/mol. The Hall–Kier alpha value is -0.810. The molecule has 0 aromatic carbocycles. The topological polar surface area (TPSA) is 71.2 Å². The number of nitrogens with one attached hydrogen (secondary N) is 1. The van der Waals surface area contributed by atoms with Crippen LogP contribution in [0, 0.1) is 5.41 Å². The zero-order chi connectivity index (χ0) is 10.9. The quantitative estimate of drug-likeness (QED) is 0.778. The molecule has 1 fully saturated rings. The molecule has 0 atom stereocenters. The van der Waals surface area contributed by atoms with Gasteiger partial charge in [-0.15, -0.1) is 0 Å². The lowest BCUT2D eigenvalue weighted by molar-refractivity contribution is 0.220. The highest BCUT2D eigenvalue weighted by atomic mass is 79.9. The summed E-state index contributed by atoms with van der Waals surface area (Å²) >= 11 is 3.39. The van der Waals surface area contributed by atoms with Crippen molar-refractivity contribution >= 4 is 27.3 Å². The van der Waals surface area contributed by atoms with Gasteiger partial charge in [0.1, 0.15) is 0 Å². The summed E-state index contributed by atoms with van der Waals surface area (Å²) in [6, 6.07) is 0. The van der Waals surface area contributed by atoms with Crippen LogP contribution in [-0.2, 0) is 0 Å². The van der Waals surface area contributed by atoms with E-state index in [1.54, 1.807) is 12.4 Å². The molecule has 2 rings (SSSR count). The molecule has 1 aliphatic rings. The molecule has 0 aliphatic heterocycles. The first kappa shape index (κ1) is 10.7. The van der Waals surface area contributed by atoms with Crippen LogP contribution in [-0.4, -0.2) is 23.2 Å². The predicted molar refractivity (Wildman–Crippen MR) is 63.6 cm³/mol. The molecule has 82 valence electrons. The zero-order valence-corrected chi connectivity index (χ0v) is 9.92. The van der Waals surface area contributed by atoms with E-state index in [1.807, 2.05) is 0 Å². The third-order valence-electron chi connectivity index (χ3n) is 2.86.